The second-order valence-corrected chi connectivity index (χ2v) is 5.04. The van der Waals surface area contributed by atoms with Gasteiger partial charge in [-0.25, -0.2) is 4.79 Å². The van der Waals surface area contributed by atoms with Crippen molar-refractivity contribution in [1.82, 2.24) is 9.80 Å². The van der Waals surface area contributed by atoms with Crippen molar-refractivity contribution in [1.29, 1.82) is 0 Å². The average molecular weight is 232 g/mol. The Morgan fingerprint density at radius 3 is 2.47 bits per heavy atom. The fraction of sp³-hybridized carbons (Fsp3) is 0.538. The molecule has 0 aromatic rings. The summed E-state index contributed by atoms with van der Waals surface area (Å²) in [5, 5.41) is 0. The highest BCUT2D eigenvalue weighted by Gasteiger charge is 2.43. The summed E-state index contributed by atoms with van der Waals surface area (Å²) in [6, 6.07) is -0.286. The number of fused-ring (bicyclic) bond motifs is 2. The van der Waals surface area contributed by atoms with E-state index < -0.39 is 0 Å². The normalized spacial score (nSPS) is 32.1. The Bertz CT molecular complexity index is 464. The first-order valence-electron chi connectivity index (χ1n) is 6.05. The molecule has 0 radical (unpaired) electrons. The van der Waals surface area contributed by atoms with E-state index in [-0.39, 0.29) is 23.9 Å². The second kappa shape index (κ2) is 3.45. The van der Waals surface area contributed by atoms with Crippen LogP contribution in [0.1, 0.15) is 19.3 Å². The van der Waals surface area contributed by atoms with E-state index >= 15 is 0 Å². The number of imide groups is 1. The second-order valence-electron chi connectivity index (χ2n) is 5.04. The molecule has 0 N–H and O–H groups in total. The molecule has 0 aromatic carbocycles. The number of likely N-dealkylation sites (N-methyl/N-ethyl adjacent to an activating group) is 1. The third kappa shape index (κ3) is 1.36. The first-order valence-corrected chi connectivity index (χ1v) is 6.05. The molecule has 2 fully saturated rings. The van der Waals surface area contributed by atoms with E-state index in [1.807, 2.05) is 0 Å². The number of rotatable bonds is 0. The van der Waals surface area contributed by atoms with Crippen molar-refractivity contribution in [3.8, 4) is 0 Å². The van der Waals surface area contributed by atoms with Crippen molar-refractivity contribution in [2.45, 2.75) is 25.3 Å². The van der Waals surface area contributed by atoms with E-state index in [0.717, 1.165) is 12.8 Å². The summed E-state index contributed by atoms with van der Waals surface area (Å²) < 4.78 is 0. The molecule has 0 aromatic heterocycles. The first kappa shape index (κ1) is 10.6. The third-order valence-corrected chi connectivity index (χ3v) is 4.08. The molecular formula is C13H16N2O2. The minimum absolute atomic E-state index is 0.0761. The molecule has 3 aliphatic rings. The molecule has 1 saturated heterocycles. The van der Waals surface area contributed by atoms with Crippen LogP contribution in [0, 0.1) is 5.92 Å². The number of amides is 3. The van der Waals surface area contributed by atoms with Crippen LogP contribution >= 0.6 is 0 Å². The topological polar surface area (TPSA) is 40.6 Å². The number of nitrogens with zero attached hydrogens (tertiary/aromatic N) is 2. The van der Waals surface area contributed by atoms with E-state index in [1.54, 1.807) is 19.0 Å². The van der Waals surface area contributed by atoms with Gasteiger partial charge in [-0.15, -0.1) is 0 Å². The predicted molar refractivity (Wildman–Crippen MR) is 63.2 cm³/mol. The SMILES string of the molecule is CN1C(=O)[C@@H]2C=C3CCCC3=C[C@@H]2N(C)C1=O. The Balaban J connectivity index is 2.02. The summed E-state index contributed by atoms with van der Waals surface area (Å²) in [6.45, 7) is 0. The van der Waals surface area contributed by atoms with Crippen LogP contribution in [-0.4, -0.2) is 41.9 Å². The summed E-state index contributed by atoms with van der Waals surface area (Å²) >= 11 is 0. The van der Waals surface area contributed by atoms with Gasteiger partial charge in [0.05, 0.1) is 12.0 Å². The Labute approximate surface area is 101 Å². The van der Waals surface area contributed by atoms with Crippen molar-refractivity contribution >= 4 is 11.9 Å². The maximum atomic E-state index is 12.1. The van der Waals surface area contributed by atoms with E-state index in [2.05, 4.69) is 12.2 Å². The molecule has 1 heterocycles. The molecule has 2 aliphatic carbocycles. The molecule has 1 aliphatic heterocycles. The molecule has 1 saturated carbocycles. The lowest BCUT2D eigenvalue weighted by molar-refractivity contribution is -0.134. The smallest absolute Gasteiger partial charge is 0.320 e. The van der Waals surface area contributed by atoms with Crippen LogP contribution in [0.4, 0.5) is 4.79 Å². The molecule has 0 spiro atoms. The predicted octanol–water partition coefficient (Wildman–Crippen LogP) is 1.55. The van der Waals surface area contributed by atoms with E-state index in [9.17, 15) is 9.59 Å². The van der Waals surface area contributed by atoms with E-state index in [4.69, 9.17) is 0 Å². The van der Waals surface area contributed by atoms with Gasteiger partial charge >= 0.3 is 6.03 Å². The molecule has 2 atom stereocenters. The van der Waals surface area contributed by atoms with Crippen molar-refractivity contribution < 1.29 is 9.59 Å². The Hall–Kier alpha value is -1.58. The minimum Gasteiger partial charge on any atom is -0.320 e. The zero-order valence-corrected chi connectivity index (χ0v) is 10.1. The molecule has 3 rings (SSSR count). The van der Waals surface area contributed by atoms with Crippen LogP contribution in [0.25, 0.3) is 0 Å². The molecular weight excluding hydrogens is 216 g/mol. The molecule has 4 heteroatoms. The number of hydrogen-bond acceptors (Lipinski definition) is 2. The summed E-state index contributed by atoms with van der Waals surface area (Å²) in [4.78, 5) is 26.9. The lowest BCUT2D eigenvalue weighted by Gasteiger charge is -2.41. The highest BCUT2D eigenvalue weighted by molar-refractivity contribution is 5.99. The van der Waals surface area contributed by atoms with Gasteiger partial charge in [-0.05, 0) is 30.4 Å². The summed E-state index contributed by atoms with van der Waals surface area (Å²) in [5.74, 6) is -0.257. The fourth-order valence-corrected chi connectivity index (χ4v) is 3.05. The minimum atomic E-state index is -0.206. The monoisotopic (exact) mass is 232 g/mol. The lowest BCUT2D eigenvalue weighted by atomic mass is 9.85. The highest BCUT2D eigenvalue weighted by Crippen LogP contribution is 2.39. The Morgan fingerprint density at radius 1 is 1.12 bits per heavy atom. The maximum Gasteiger partial charge on any atom is 0.326 e. The largest absolute Gasteiger partial charge is 0.326 e. The van der Waals surface area contributed by atoms with Gasteiger partial charge in [-0.3, -0.25) is 9.69 Å². The van der Waals surface area contributed by atoms with Gasteiger partial charge in [0, 0.05) is 14.1 Å². The fourth-order valence-electron chi connectivity index (χ4n) is 3.05. The summed E-state index contributed by atoms with van der Waals surface area (Å²) in [7, 11) is 3.33. The van der Waals surface area contributed by atoms with Crippen molar-refractivity contribution in [2.75, 3.05) is 14.1 Å². The zero-order valence-electron chi connectivity index (χ0n) is 10.1. The molecule has 3 amide bonds. The maximum absolute atomic E-state index is 12.1. The van der Waals surface area contributed by atoms with Crippen LogP contribution in [0.5, 0.6) is 0 Å². The molecule has 0 bridgehead atoms. The Kier molecular flexibility index (Phi) is 2.15. The number of carbonyl (C=O) groups excluding carboxylic acids is 2. The number of carbonyl (C=O) groups is 2. The molecule has 90 valence electrons. The highest BCUT2D eigenvalue weighted by atomic mass is 16.2. The number of allylic oxidation sites excluding steroid dienone is 2. The molecule has 4 nitrogen and oxygen atoms in total. The quantitative estimate of drug-likeness (QED) is 0.635. The lowest BCUT2D eigenvalue weighted by Crippen LogP contribution is -2.58. The van der Waals surface area contributed by atoms with Crippen LogP contribution < -0.4 is 0 Å². The first-order chi connectivity index (χ1) is 8.09. The van der Waals surface area contributed by atoms with Gasteiger partial charge in [0.1, 0.15) is 0 Å². The number of urea groups is 1. The number of hydrogen-bond donors (Lipinski definition) is 0. The van der Waals surface area contributed by atoms with Crippen molar-refractivity contribution in [2.24, 2.45) is 5.92 Å². The van der Waals surface area contributed by atoms with Gasteiger partial charge in [0.25, 0.3) is 0 Å². The van der Waals surface area contributed by atoms with Crippen molar-refractivity contribution in [3.05, 3.63) is 23.3 Å². The van der Waals surface area contributed by atoms with Gasteiger partial charge in [0.2, 0.25) is 5.91 Å². The summed E-state index contributed by atoms with van der Waals surface area (Å²) in [5.41, 5.74) is 2.65. The van der Waals surface area contributed by atoms with Gasteiger partial charge in [-0.2, -0.15) is 0 Å². The van der Waals surface area contributed by atoms with E-state index in [0.29, 0.717) is 0 Å². The van der Waals surface area contributed by atoms with Crippen LogP contribution in [0.3, 0.4) is 0 Å². The van der Waals surface area contributed by atoms with Gasteiger partial charge in [-0.1, -0.05) is 12.2 Å². The summed E-state index contributed by atoms with van der Waals surface area (Å²) in [6.07, 6.45) is 7.52. The van der Waals surface area contributed by atoms with Crippen LogP contribution in [0.15, 0.2) is 23.3 Å². The van der Waals surface area contributed by atoms with Gasteiger partial charge < -0.3 is 4.90 Å². The average Bonchev–Trinajstić information content (AvgIpc) is 2.79. The Morgan fingerprint density at radius 2 is 1.76 bits per heavy atom. The zero-order chi connectivity index (χ0) is 12.2. The van der Waals surface area contributed by atoms with Crippen molar-refractivity contribution in [3.63, 3.8) is 0 Å². The standard InChI is InChI=1S/C13H16N2O2/c1-14-11-7-9-5-3-4-8(9)6-10(11)12(16)15(2)13(14)17/h6-7,10-11H,3-5H2,1-2H3/t10-,11+/m1/s1. The molecule has 0 unspecified atom stereocenters. The third-order valence-electron chi connectivity index (χ3n) is 4.08. The van der Waals surface area contributed by atoms with Crippen LogP contribution in [0.2, 0.25) is 0 Å². The molecule has 17 heavy (non-hydrogen) atoms. The van der Waals surface area contributed by atoms with Crippen LogP contribution in [-0.2, 0) is 4.79 Å². The van der Waals surface area contributed by atoms with Gasteiger partial charge in [0.15, 0.2) is 0 Å². The van der Waals surface area contributed by atoms with E-state index in [1.165, 1.54) is 22.5 Å².